The summed E-state index contributed by atoms with van der Waals surface area (Å²) < 4.78 is 0. The Morgan fingerprint density at radius 2 is 2.06 bits per heavy atom. The van der Waals surface area contributed by atoms with Gasteiger partial charge in [0.05, 0.1) is 11.6 Å². The molecule has 0 aromatic rings. The van der Waals surface area contributed by atoms with Gasteiger partial charge in [0.2, 0.25) is 5.91 Å². The second-order valence-corrected chi connectivity index (χ2v) is 5.96. The summed E-state index contributed by atoms with van der Waals surface area (Å²) in [5.74, 6) is 0.866. The molecule has 98 valence electrons. The van der Waals surface area contributed by atoms with Crippen molar-refractivity contribution in [1.29, 1.82) is 0 Å². The van der Waals surface area contributed by atoms with Crippen LogP contribution in [0.5, 0.6) is 0 Å². The van der Waals surface area contributed by atoms with E-state index in [4.69, 9.17) is 0 Å². The van der Waals surface area contributed by atoms with E-state index in [0.29, 0.717) is 31.8 Å². The third kappa shape index (κ3) is 3.19. The maximum Gasteiger partial charge on any atom is 0.239 e. The number of carbonyl (C=O) groups is 1. The van der Waals surface area contributed by atoms with E-state index in [9.17, 15) is 9.90 Å². The van der Waals surface area contributed by atoms with Crippen LogP contribution in [0.15, 0.2) is 0 Å². The van der Waals surface area contributed by atoms with Crippen molar-refractivity contribution >= 4 is 5.91 Å². The number of carbonyl (C=O) groups excluding carboxylic acids is 1. The van der Waals surface area contributed by atoms with Crippen LogP contribution in [0.25, 0.3) is 0 Å². The van der Waals surface area contributed by atoms with Crippen molar-refractivity contribution in [2.45, 2.75) is 51.2 Å². The number of hydrogen-bond acceptors (Lipinski definition) is 3. The maximum atomic E-state index is 12.3. The summed E-state index contributed by atoms with van der Waals surface area (Å²) in [6, 6.07) is 0.00167. The Morgan fingerprint density at radius 1 is 1.41 bits per heavy atom. The molecule has 2 aliphatic rings. The molecule has 2 atom stereocenters. The van der Waals surface area contributed by atoms with E-state index in [0.717, 1.165) is 13.0 Å². The highest BCUT2D eigenvalue weighted by atomic mass is 16.3. The summed E-state index contributed by atoms with van der Waals surface area (Å²) in [6.45, 7) is 6.40. The fourth-order valence-electron chi connectivity index (χ4n) is 2.72. The largest absolute Gasteiger partial charge is 0.390 e. The number of rotatable bonds is 1. The minimum Gasteiger partial charge on any atom is -0.390 e. The molecule has 0 bridgehead atoms. The van der Waals surface area contributed by atoms with Crippen molar-refractivity contribution in [1.82, 2.24) is 10.2 Å². The molecule has 2 N–H and O–H groups in total. The van der Waals surface area contributed by atoms with Gasteiger partial charge in [0.1, 0.15) is 0 Å². The number of likely N-dealkylation sites (tertiary alicyclic amines) is 1. The van der Waals surface area contributed by atoms with E-state index in [1.807, 2.05) is 11.8 Å². The molecule has 0 aromatic carbocycles. The Hall–Kier alpha value is -0.610. The van der Waals surface area contributed by atoms with Gasteiger partial charge in [-0.3, -0.25) is 4.79 Å². The van der Waals surface area contributed by atoms with Crippen LogP contribution < -0.4 is 5.32 Å². The van der Waals surface area contributed by atoms with Gasteiger partial charge in [-0.2, -0.15) is 0 Å². The van der Waals surface area contributed by atoms with E-state index in [1.165, 1.54) is 6.42 Å². The lowest BCUT2D eigenvalue weighted by Gasteiger charge is -2.38. The van der Waals surface area contributed by atoms with Crippen LogP contribution in [-0.4, -0.2) is 47.2 Å². The predicted molar refractivity (Wildman–Crippen MR) is 66.6 cm³/mol. The third-order valence-electron chi connectivity index (χ3n) is 4.12. The quantitative estimate of drug-likeness (QED) is 0.711. The molecular weight excluding hydrogens is 216 g/mol. The van der Waals surface area contributed by atoms with Gasteiger partial charge in [-0.05, 0) is 45.1 Å². The minimum atomic E-state index is -0.579. The van der Waals surface area contributed by atoms with Gasteiger partial charge in [-0.1, -0.05) is 6.92 Å². The Labute approximate surface area is 103 Å². The van der Waals surface area contributed by atoms with E-state index >= 15 is 0 Å². The lowest BCUT2D eigenvalue weighted by atomic mass is 9.91. The molecule has 0 aliphatic carbocycles. The lowest BCUT2D eigenvalue weighted by Crippen LogP contribution is -2.53. The molecule has 2 saturated heterocycles. The zero-order chi connectivity index (χ0) is 12.5. The van der Waals surface area contributed by atoms with Gasteiger partial charge in [0, 0.05) is 13.1 Å². The predicted octanol–water partition coefficient (Wildman–Crippen LogP) is 0.748. The molecule has 1 amide bonds. The molecule has 2 heterocycles. The third-order valence-corrected chi connectivity index (χ3v) is 4.12. The van der Waals surface area contributed by atoms with Crippen molar-refractivity contribution in [2.75, 3.05) is 19.6 Å². The molecule has 4 nitrogen and oxygen atoms in total. The molecule has 2 rings (SSSR count). The van der Waals surface area contributed by atoms with Gasteiger partial charge < -0.3 is 15.3 Å². The highest BCUT2D eigenvalue weighted by Crippen LogP contribution is 2.23. The van der Waals surface area contributed by atoms with Gasteiger partial charge in [0.15, 0.2) is 0 Å². The fourth-order valence-corrected chi connectivity index (χ4v) is 2.72. The highest BCUT2D eigenvalue weighted by molar-refractivity contribution is 5.82. The number of aliphatic hydroxyl groups is 1. The van der Waals surface area contributed by atoms with Crippen molar-refractivity contribution in [2.24, 2.45) is 5.92 Å². The topological polar surface area (TPSA) is 52.6 Å². The first kappa shape index (κ1) is 12.8. The Kier molecular flexibility index (Phi) is 3.73. The van der Waals surface area contributed by atoms with Crippen molar-refractivity contribution in [3.8, 4) is 0 Å². The van der Waals surface area contributed by atoms with E-state index < -0.39 is 5.60 Å². The molecule has 0 aromatic heterocycles. The summed E-state index contributed by atoms with van der Waals surface area (Å²) in [5.41, 5.74) is -0.579. The molecule has 4 heteroatoms. The average Bonchev–Trinajstić information content (AvgIpc) is 2.28. The van der Waals surface area contributed by atoms with Crippen LogP contribution in [0.4, 0.5) is 0 Å². The zero-order valence-electron chi connectivity index (χ0n) is 10.9. The van der Waals surface area contributed by atoms with Gasteiger partial charge in [-0.25, -0.2) is 0 Å². The number of piperidine rings is 2. The van der Waals surface area contributed by atoms with Crippen molar-refractivity contribution < 1.29 is 9.90 Å². The van der Waals surface area contributed by atoms with Gasteiger partial charge >= 0.3 is 0 Å². The van der Waals surface area contributed by atoms with Crippen molar-refractivity contribution in [3.05, 3.63) is 0 Å². The second kappa shape index (κ2) is 4.94. The molecule has 0 radical (unpaired) electrons. The van der Waals surface area contributed by atoms with Gasteiger partial charge in [-0.15, -0.1) is 0 Å². The molecule has 0 saturated carbocycles. The minimum absolute atomic E-state index is 0.00167. The molecule has 0 spiro atoms. The summed E-state index contributed by atoms with van der Waals surface area (Å²) in [6.07, 6.45) is 3.51. The monoisotopic (exact) mass is 240 g/mol. The van der Waals surface area contributed by atoms with E-state index in [-0.39, 0.29) is 11.9 Å². The molecule has 2 fully saturated rings. The average molecular weight is 240 g/mol. The first-order valence-corrected chi connectivity index (χ1v) is 6.72. The molecule has 17 heavy (non-hydrogen) atoms. The lowest BCUT2D eigenvalue weighted by molar-refractivity contribution is -0.138. The van der Waals surface area contributed by atoms with Crippen molar-refractivity contribution in [3.63, 3.8) is 0 Å². The summed E-state index contributed by atoms with van der Waals surface area (Å²) in [7, 11) is 0. The zero-order valence-corrected chi connectivity index (χ0v) is 10.9. The standard InChI is InChI=1S/C13H24N2O2/c1-10-3-6-14-11(9-10)12(16)15-7-4-13(2,17)5-8-15/h10-11,14,17H,3-9H2,1-2H3. The number of hydrogen-bond donors (Lipinski definition) is 2. The summed E-state index contributed by atoms with van der Waals surface area (Å²) in [5, 5.41) is 13.2. The maximum absolute atomic E-state index is 12.3. The first-order valence-electron chi connectivity index (χ1n) is 6.72. The van der Waals surface area contributed by atoms with Crippen LogP contribution >= 0.6 is 0 Å². The van der Waals surface area contributed by atoms with Crippen LogP contribution in [-0.2, 0) is 4.79 Å². The van der Waals surface area contributed by atoms with Gasteiger partial charge in [0.25, 0.3) is 0 Å². The summed E-state index contributed by atoms with van der Waals surface area (Å²) in [4.78, 5) is 14.2. The van der Waals surface area contributed by atoms with E-state index in [2.05, 4.69) is 12.2 Å². The highest BCUT2D eigenvalue weighted by Gasteiger charge is 2.33. The normalized spacial score (nSPS) is 33.5. The first-order chi connectivity index (χ1) is 7.98. The fraction of sp³-hybridized carbons (Fsp3) is 0.923. The Morgan fingerprint density at radius 3 is 2.65 bits per heavy atom. The molecule has 2 unspecified atom stereocenters. The Balaban J connectivity index is 1.88. The van der Waals surface area contributed by atoms with Crippen LogP contribution in [0, 0.1) is 5.92 Å². The smallest absolute Gasteiger partial charge is 0.239 e. The van der Waals surface area contributed by atoms with Crippen LogP contribution in [0.2, 0.25) is 0 Å². The Bertz CT molecular complexity index is 281. The molecule has 2 aliphatic heterocycles. The second-order valence-electron chi connectivity index (χ2n) is 5.96. The SMILES string of the molecule is CC1CCNC(C(=O)N2CCC(C)(O)CC2)C1. The summed E-state index contributed by atoms with van der Waals surface area (Å²) >= 11 is 0. The van der Waals surface area contributed by atoms with Crippen LogP contribution in [0.1, 0.15) is 39.5 Å². The number of nitrogens with zero attached hydrogens (tertiary/aromatic N) is 1. The number of amides is 1. The number of nitrogens with one attached hydrogen (secondary N) is 1. The van der Waals surface area contributed by atoms with E-state index in [1.54, 1.807) is 0 Å². The van der Waals surface area contributed by atoms with Crippen LogP contribution in [0.3, 0.4) is 0 Å². The molecular formula is C13H24N2O2.